The number of hydrazine groups is 1. The Morgan fingerprint density at radius 2 is 1.87 bits per heavy atom. The van der Waals surface area contributed by atoms with Crippen LogP contribution in [0.4, 0.5) is 0 Å². The molecular weight excluding hydrogens is 339 g/mol. The zero-order chi connectivity index (χ0) is 16.7. The average Bonchev–Trinajstić information content (AvgIpc) is 2.74. The average molecular weight is 353 g/mol. The van der Waals surface area contributed by atoms with E-state index in [0.29, 0.717) is 17.9 Å². The van der Waals surface area contributed by atoms with Crippen molar-refractivity contribution in [2.24, 2.45) is 11.8 Å². The first-order chi connectivity index (χ1) is 10.9. The molecule has 7 heteroatoms. The van der Waals surface area contributed by atoms with Gasteiger partial charge in [0.15, 0.2) is 0 Å². The number of hydrogen-bond donors (Lipinski definition) is 1. The molecule has 1 saturated heterocycles. The molecule has 5 nitrogen and oxygen atoms in total. The van der Waals surface area contributed by atoms with Crippen molar-refractivity contribution in [3.05, 3.63) is 45.5 Å². The molecule has 3 amide bonds. The van der Waals surface area contributed by atoms with Crippen molar-refractivity contribution < 1.29 is 14.4 Å². The van der Waals surface area contributed by atoms with E-state index in [2.05, 4.69) is 5.43 Å². The molecule has 0 bridgehead atoms. The molecule has 1 aromatic carbocycles. The molecule has 1 fully saturated rings. The Balaban J connectivity index is 1.78. The summed E-state index contributed by atoms with van der Waals surface area (Å²) in [5.74, 6) is -2.08. The molecule has 2 atom stereocenters. The lowest BCUT2D eigenvalue weighted by Crippen LogP contribution is -2.46. The van der Waals surface area contributed by atoms with Crippen LogP contribution in [0.25, 0.3) is 0 Å². The number of carbonyl (C=O) groups is 3. The van der Waals surface area contributed by atoms with Gasteiger partial charge in [0, 0.05) is 5.56 Å². The highest BCUT2D eigenvalue weighted by Gasteiger charge is 2.49. The Kier molecular flexibility index (Phi) is 4.17. The molecule has 0 unspecified atom stereocenters. The second-order valence-corrected chi connectivity index (χ2v) is 6.60. The van der Waals surface area contributed by atoms with E-state index < -0.39 is 5.91 Å². The molecule has 23 heavy (non-hydrogen) atoms. The lowest BCUT2D eigenvalue weighted by atomic mass is 9.82. The number of halogens is 2. The molecule has 1 aliphatic carbocycles. The third-order valence-corrected chi connectivity index (χ3v) is 4.96. The van der Waals surface area contributed by atoms with Crippen LogP contribution in [0.3, 0.4) is 0 Å². The van der Waals surface area contributed by atoms with Crippen LogP contribution in [0.1, 0.15) is 30.1 Å². The predicted octanol–water partition coefficient (Wildman–Crippen LogP) is 2.98. The fraction of sp³-hybridized carbons (Fsp3) is 0.312. The van der Waals surface area contributed by atoms with E-state index in [0.717, 1.165) is 10.6 Å². The number of amides is 3. The molecule has 1 aromatic rings. The molecule has 0 spiro atoms. The van der Waals surface area contributed by atoms with Gasteiger partial charge in [-0.05, 0) is 38.0 Å². The zero-order valence-electron chi connectivity index (χ0n) is 12.3. The summed E-state index contributed by atoms with van der Waals surface area (Å²) in [5, 5.41) is 1.39. The topological polar surface area (TPSA) is 66.5 Å². The van der Waals surface area contributed by atoms with Gasteiger partial charge in [-0.15, -0.1) is 0 Å². The zero-order valence-corrected chi connectivity index (χ0v) is 13.8. The van der Waals surface area contributed by atoms with Crippen LogP contribution < -0.4 is 5.43 Å². The first kappa shape index (κ1) is 16.0. The highest BCUT2D eigenvalue weighted by Crippen LogP contribution is 2.36. The lowest BCUT2D eigenvalue weighted by molar-refractivity contribution is -0.142. The van der Waals surface area contributed by atoms with E-state index in [4.69, 9.17) is 23.2 Å². The van der Waals surface area contributed by atoms with E-state index in [-0.39, 0.29) is 34.2 Å². The van der Waals surface area contributed by atoms with Gasteiger partial charge in [-0.2, -0.15) is 5.01 Å². The van der Waals surface area contributed by atoms with Crippen molar-refractivity contribution in [1.29, 1.82) is 0 Å². The maximum absolute atomic E-state index is 12.4. The van der Waals surface area contributed by atoms with Crippen molar-refractivity contribution in [2.75, 3.05) is 0 Å². The third kappa shape index (κ3) is 2.86. The van der Waals surface area contributed by atoms with Crippen molar-refractivity contribution >= 4 is 40.9 Å². The van der Waals surface area contributed by atoms with Crippen molar-refractivity contribution in [3.8, 4) is 0 Å². The van der Waals surface area contributed by atoms with Crippen LogP contribution in [-0.4, -0.2) is 22.7 Å². The largest absolute Gasteiger partial charge is 0.272 e. The molecule has 1 aliphatic heterocycles. The summed E-state index contributed by atoms with van der Waals surface area (Å²) in [6, 6.07) is 4.36. The summed E-state index contributed by atoms with van der Waals surface area (Å²) in [4.78, 5) is 37.0. The van der Waals surface area contributed by atoms with Gasteiger partial charge < -0.3 is 0 Å². The van der Waals surface area contributed by atoms with Gasteiger partial charge in [-0.1, -0.05) is 34.9 Å². The van der Waals surface area contributed by atoms with Gasteiger partial charge in [0.2, 0.25) is 0 Å². The maximum atomic E-state index is 12.4. The minimum absolute atomic E-state index is 0.226. The molecule has 0 radical (unpaired) electrons. The fourth-order valence-corrected chi connectivity index (χ4v) is 3.25. The molecule has 120 valence electrons. The number of imide groups is 1. The maximum Gasteiger partial charge on any atom is 0.270 e. The van der Waals surface area contributed by atoms with E-state index in [1.165, 1.54) is 18.2 Å². The summed E-state index contributed by atoms with van der Waals surface area (Å²) in [6.07, 6.45) is 3.05. The summed E-state index contributed by atoms with van der Waals surface area (Å²) < 4.78 is 0. The SMILES string of the molecule is CC1=CC[C@H]2C(=O)N(NC(=O)c3ccc(Cl)c(Cl)c3)C(=O)[C@@H]2C1. The number of nitrogens with zero attached hydrogens (tertiary/aromatic N) is 1. The van der Waals surface area contributed by atoms with Gasteiger partial charge in [0.05, 0.1) is 21.9 Å². The van der Waals surface area contributed by atoms with Crippen molar-refractivity contribution in [2.45, 2.75) is 19.8 Å². The summed E-state index contributed by atoms with van der Waals surface area (Å²) in [6.45, 7) is 1.94. The minimum atomic E-state index is -0.575. The van der Waals surface area contributed by atoms with Gasteiger partial charge in [-0.3, -0.25) is 19.8 Å². The number of rotatable bonds is 2. The van der Waals surface area contributed by atoms with E-state index in [9.17, 15) is 14.4 Å². The van der Waals surface area contributed by atoms with Crippen molar-refractivity contribution in [1.82, 2.24) is 10.4 Å². The highest BCUT2D eigenvalue weighted by molar-refractivity contribution is 6.42. The van der Waals surface area contributed by atoms with Gasteiger partial charge >= 0.3 is 0 Å². The summed E-state index contributed by atoms with van der Waals surface area (Å²) in [7, 11) is 0. The second-order valence-electron chi connectivity index (χ2n) is 5.78. The van der Waals surface area contributed by atoms with Gasteiger partial charge in [0.1, 0.15) is 0 Å². The number of carbonyl (C=O) groups excluding carboxylic acids is 3. The summed E-state index contributed by atoms with van der Waals surface area (Å²) >= 11 is 11.7. The standard InChI is InChI=1S/C16H14Cl2N2O3/c1-8-2-4-10-11(6-8)16(23)20(15(10)22)19-14(21)9-3-5-12(17)13(18)7-9/h2-3,5,7,10-11H,4,6H2,1H3,(H,19,21)/t10-,11-/m1/s1. The normalized spacial score (nSPS) is 23.6. The molecular formula is C16H14Cl2N2O3. The predicted molar refractivity (Wildman–Crippen MR) is 85.8 cm³/mol. The number of nitrogens with one attached hydrogen (secondary N) is 1. The lowest BCUT2D eigenvalue weighted by Gasteiger charge is -2.18. The fourth-order valence-electron chi connectivity index (χ4n) is 2.95. The first-order valence-electron chi connectivity index (χ1n) is 7.18. The highest BCUT2D eigenvalue weighted by atomic mass is 35.5. The monoisotopic (exact) mass is 352 g/mol. The van der Waals surface area contributed by atoms with Gasteiger partial charge in [-0.25, -0.2) is 0 Å². The Hall–Kier alpha value is -1.85. The van der Waals surface area contributed by atoms with Crippen LogP contribution in [0.2, 0.25) is 10.0 Å². The molecule has 2 aliphatic rings. The van der Waals surface area contributed by atoms with Crippen LogP contribution in [0.5, 0.6) is 0 Å². The number of benzene rings is 1. The second kappa shape index (κ2) is 5.98. The van der Waals surface area contributed by atoms with Crippen LogP contribution >= 0.6 is 23.2 Å². The van der Waals surface area contributed by atoms with Crippen molar-refractivity contribution in [3.63, 3.8) is 0 Å². The van der Waals surface area contributed by atoms with E-state index in [1.807, 2.05) is 13.0 Å². The minimum Gasteiger partial charge on any atom is -0.272 e. The number of allylic oxidation sites excluding steroid dienone is 2. The Morgan fingerprint density at radius 1 is 1.17 bits per heavy atom. The van der Waals surface area contributed by atoms with E-state index >= 15 is 0 Å². The molecule has 3 rings (SSSR count). The Labute approximate surface area is 143 Å². The molecule has 0 saturated carbocycles. The van der Waals surface area contributed by atoms with Crippen LogP contribution in [0, 0.1) is 11.8 Å². The molecule has 1 heterocycles. The van der Waals surface area contributed by atoms with E-state index in [1.54, 1.807) is 0 Å². The Morgan fingerprint density at radius 3 is 2.57 bits per heavy atom. The Bertz CT molecular complexity index is 745. The number of hydrogen-bond acceptors (Lipinski definition) is 3. The quantitative estimate of drug-likeness (QED) is 0.657. The molecule has 0 aromatic heterocycles. The third-order valence-electron chi connectivity index (χ3n) is 4.22. The van der Waals surface area contributed by atoms with Crippen LogP contribution in [0.15, 0.2) is 29.8 Å². The number of fused-ring (bicyclic) bond motifs is 1. The molecule has 1 N–H and O–H groups in total. The summed E-state index contributed by atoms with van der Waals surface area (Å²) in [5.41, 5.74) is 3.70. The van der Waals surface area contributed by atoms with Gasteiger partial charge in [0.25, 0.3) is 17.7 Å². The first-order valence-corrected chi connectivity index (χ1v) is 7.93. The smallest absolute Gasteiger partial charge is 0.270 e. The van der Waals surface area contributed by atoms with Crippen LogP contribution in [-0.2, 0) is 9.59 Å².